The summed E-state index contributed by atoms with van der Waals surface area (Å²) < 4.78 is 18.5. The Kier molecular flexibility index (Phi) is 7.57. The molecule has 1 aromatic rings. The second-order valence-electron chi connectivity index (χ2n) is 9.06. The summed E-state index contributed by atoms with van der Waals surface area (Å²) in [5.41, 5.74) is 11.9. The average Bonchev–Trinajstić information content (AvgIpc) is 3.46. The third-order valence-electron chi connectivity index (χ3n) is 6.26. The molecule has 1 heterocycles. The Labute approximate surface area is 193 Å². The molecule has 9 nitrogen and oxygen atoms in total. The van der Waals surface area contributed by atoms with Crippen molar-refractivity contribution in [2.75, 3.05) is 26.7 Å². The minimum atomic E-state index is -0.714. The maximum Gasteiger partial charge on any atom is 0.409 e. The van der Waals surface area contributed by atoms with Crippen molar-refractivity contribution in [3.8, 4) is 0 Å². The van der Waals surface area contributed by atoms with E-state index in [9.17, 15) is 14.0 Å². The number of halogens is 1. The van der Waals surface area contributed by atoms with Gasteiger partial charge in [-0.25, -0.2) is 14.2 Å². The first kappa shape index (κ1) is 24.5. The largest absolute Gasteiger partial charge is 0.449 e. The van der Waals surface area contributed by atoms with E-state index in [0.29, 0.717) is 25.4 Å². The van der Waals surface area contributed by atoms with Gasteiger partial charge in [-0.1, -0.05) is 13.8 Å². The minimum absolute atomic E-state index is 0.0499. The summed E-state index contributed by atoms with van der Waals surface area (Å²) in [7, 11) is 1.88. The Morgan fingerprint density at radius 3 is 2.61 bits per heavy atom. The highest BCUT2D eigenvalue weighted by Gasteiger charge is 2.60. The molecule has 6 N–H and O–H groups in total. The van der Waals surface area contributed by atoms with Crippen molar-refractivity contribution >= 4 is 23.5 Å². The molecule has 3 rings (SSSR count). The van der Waals surface area contributed by atoms with E-state index in [1.165, 1.54) is 30.5 Å². The van der Waals surface area contributed by atoms with Crippen molar-refractivity contribution in [2.45, 2.75) is 38.8 Å². The van der Waals surface area contributed by atoms with E-state index in [0.717, 1.165) is 12.8 Å². The number of piperidine rings is 1. The molecule has 1 saturated carbocycles. The highest BCUT2D eigenvalue weighted by molar-refractivity contribution is 6.20. The third kappa shape index (κ3) is 5.81. The number of likely N-dealkylation sites (N-methyl/N-ethyl adjacent to an activating group) is 1. The molecule has 2 aliphatic rings. The molecule has 2 unspecified atom stereocenters. The van der Waals surface area contributed by atoms with Gasteiger partial charge in [0.25, 0.3) is 5.91 Å². The van der Waals surface area contributed by atoms with Gasteiger partial charge in [0.2, 0.25) is 0 Å². The molecule has 1 spiro atoms. The lowest BCUT2D eigenvalue weighted by atomic mass is 9.87. The topological polar surface area (TPSA) is 135 Å². The molecule has 1 aliphatic carbocycles. The second kappa shape index (κ2) is 10.2. The van der Waals surface area contributed by atoms with Gasteiger partial charge in [-0.15, -0.1) is 0 Å². The van der Waals surface area contributed by atoms with Gasteiger partial charge in [0.15, 0.2) is 0 Å². The van der Waals surface area contributed by atoms with Crippen LogP contribution in [-0.2, 0) is 9.53 Å². The van der Waals surface area contributed by atoms with Crippen molar-refractivity contribution in [1.29, 1.82) is 0 Å². The van der Waals surface area contributed by atoms with E-state index >= 15 is 0 Å². The monoisotopic (exact) mass is 460 g/mol. The lowest BCUT2D eigenvalue weighted by Gasteiger charge is -2.39. The van der Waals surface area contributed by atoms with Crippen molar-refractivity contribution in [3.05, 3.63) is 41.9 Å². The predicted octanol–water partition coefficient (Wildman–Crippen LogP) is 1.62. The summed E-state index contributed by atoms with van der Waals surface area (Å²) in [6.07, 6.45) is 2.89. The molecule has 1 saturated heterocycles. The molecule has 1 aromatic carbocycles. The molecule has 1 aliphatic heterocycles. The molecular formula is C23H33FN6O3. The van der Waals surface area contributed by atoms with Crippen LogP contribution in [0.3, 0.4) is 0 Å². The molecule has 10 heteroatoms. The third-order valence-corrected chi connectivity index (χ3v) is 6.26. The van der Waals surface area contributed by atoms with Crippen LogP contribution in [0.25, 0.3) is 0 Å². The van der Waals surface area contributed by atoms with Crippen LogP contribution in [0.5, 0.6) is 0 Å². The van der Waals surface area contributed by atoms with Crippen LogP contribution in [0.4, 0.5) is 14.9 Å². The smallest absolute Gasteiger partial charge is 0.409 e. The first-order valence-corrected chi connectivity index (χ1v) is 11.1. The number of hydrogen-bond acceptors (Lipinski definition) is 6. The molecule has 33 heavy (non-hydrogen) atoms. The number of benzene rings is 1. The fourth-order valence-corrected chi connectivity index (χ4v) is 4.26. The van der Waals surface area contributed by atoms with Crippen molar-refractivity contribution < 1.29 is 18.7 Å². The molecule has 2 fully saturated rings. The van der Waals surface area contributed by atoms with Crippen LogP contribution in [-0.4, -0.2) is 61.6 Å². The summed E-state index contributed by atoms with van der Waals surface area (Å²) >= 11 is 0. The van der Waals surface area contributed by atoms with Crippen molar-refractivity contribution in [2.24, 2.45) is 27.8 Å². The number of nitrogens with zero attached hydrogens (tertiary/aromatic N) is 2. The van der Waals surface area contributed by atoms with Gasteiger partial charge in [0.1, 0.15) is 11.7 Å². The van der Waals surface area contributed by atoms with Gasteiger partial charge in [-0.05, 0) is 50.1 Å². The fourth-order valence-electron chi connectivity index (χ4n) is 4.26. The zero-order valence-corrected chi connectivity index (χ0v) is 19.3. The van der Waals surface area contributed by atoms with Crippen LogP contribution in [0.2, 0.25) is 0 Å². The van der Waals surface area contributed by atoms with Gasteiger partial charge in [-0.2, -0.15) is 0 Å². The maximum atomic E-state index is 13.1. The number of hydrogen-bond donors (Lipinski definition) is 4. The summed E-state index contributed by atoms with van der Waals surface area (Å²) in [6.45, 7) is 5.55. The van der Waals surface area contributed by atoms with Gasteiger partial charge in [0.05, 0.1) is 17.9 Å². The molecule has 0 bridgehead atoms. The molecule has 180 valence electrons. The van der Waals surface area contributed by atoms with Crippen LogP contribution in [0.15, 0.2) is 41.0 Å². The maximum absolute atomic E-state index is 13.1. The number of likely N-dealkylation sites (tertiary alicyclic amines) is 1. The first-order chi connectivity index (χ1) is 15.7. The number of nitrogens with two attached hydrogens (primary N) is 2. The van der Waals surface area contributed by atoms with Gasteiger partial charge in [-0.3, -0.25) is 4.79 Å². The average molecular weight is 461 g/mol. The van der Waals surface area contributed by atoms with Crippen LogP contribution < -0.4 is 22.1 Å². The van der Waals surface area contributed by atoms with Crippen LogP contribution >= 0.6 is 0 Å². The lowest BCUT2D eigenvalue weighted by Crippen LogP contribution is -2.54. The van der Waals surface area contributed by atoms with E-state index in [1.807, 2.05) is 20.9 Å². The summed E-state index contributed by atoms with van der Waals surface area (Å²) in [4.78, 5) is 30.2. The van der Waals surface area contributed by atoms with Gasteiger partial charge >= 0.3 is 6.09 Å². The zero-order chi connectivity index (χ0) is 24.2. The minimum Gasteiger partial charge on any atom is -0.449 e. The SMILES string of the molecule is CN[C@@H]1CN(C(=O)OCC(C)C)CCC12CC2N/C=C(/C(N)=O)C(N)=Nc1ccc(F)cc1. The number of primary amides is 1. The molecule has 3 atom stereocenters. The molecule has 2 amide bonds. The highest BCUT2D eigenvalue weighted by Crippen LogP contribution is 2.54. The predicted molar refractivity (Wildman–Crippen MR) is 124 cm³/mol. The Balaban J connectivity index is 1.64. The number of carbonyl (C=O) groups excluding carboxylic acids is 2. The molecule has 0 aromatic heterocycles. The highest BCUT2D eigenvalue weighted by atomic mass is 19.1. The van der Waals surface area contributed by atoms with Crippen molar-refractivity contribution in [3.63, 3.8) is 0 Å². The Morgan fingerprint density at radius 1 is 1.30 bits per heavy atom. The van der Waals surface area contributed by atoms with Crippen LogP contribution in [0.1, 0.15) is 26.7 Å². The summed E-state index contributed by atoms with van der Waals surface area (Å²) in [5.74, 6) is -0.873. The number of aliphatic imine (C=N–C) groups is 1. The normalized spacial score (nSPS) is 25.3. The molecule has 0 radical (unpaired) electrons. The Morgan fingerprint density at radius 2 is 2.00 bits per heavy atom. The zero-order valence-electron chi connectivity index (χ0n) is 19.3. The standard InChI is InChI=1S/C23H33FN6O3/c1-14(2)13-33-22(32)30-9-8-23(19(12-30)27-3)10-18(23)28-11-17(21(26)31)20(25)29-16-6-4-15(24)5-7-16/h4-7,11,14,18-19,27-28H,8-10,12-13H2,1-3H3,(H2,25,29)(H2,26,31)/b17-11+/t18?,19-,23?/m1/s1. The lowest BCUT2D eigenvalue weighted by molar-refractivity contribution is -0.114. The molecular weight excluding hydrogens is 427 g/mol. The van der Waals surface area contributed by atoms with E-state index in [4.69, 9.17) is 16.2 Å². The quantitative estimate of drug-likeness (QED) is 0.265. The number of amidine groups is 1. The Bertz CT molecular complexity index is 933. The fraction of sp³-hybridized carbons (Fsp3) is 0.522. The van der Waals surface area contributed by atoms with E-state index in [2.05, 4.69) is 15.6 Å². The van der Waals surface area contributed by atoms with Gasteiger partial charge < -0.3 is 31.7 Å². The first-order valence-electron chi connectivity index (χ1n) is 11.1. The number of ether oxygens (including phenoxy) is 1. The second-order valence-corrected chi connectivity index (χ2v) is 9.06. The number of carbonyl (C=O) groups is 2. The number of rotatable bonds is 8. The number of amides is 2. The number of nitrogens with one attached hydrogen (secondary N) is 2. The van der Waals surface area contributed by atoms with Crippen LogP contribution in [0, 0.1) is 17.2 Å². The van der Waals surface area contributed by atoms with E-state index in [-0.39, 0.29) is 40.9 Å². The van der Waals surface area contributed by atoms with Crippen molar-refractivity contribution in [1.82, 2.24) is 15.5 Å². The Hall–Kier alpha value is -3.14. The van der Waals surface area contributed by atoms with E-state index < -0.39 is 11.7 Å². The van der Waals surface area contributed by atoms with E-state index in [1.54, 1.807) is 4.90 Å². The summed E-state index contributed by atoms with van der Waals surface area (Å²) in [5, 5.41) is 6.59. The van der Waals surface area contributed by atoms with Gasteiger partial charge in [0, 0.05) is 36.8 Å². The summed E-state index contributed by atoms with van der Waals surface area (Å²) in [6, 6.07) is 5.61.